The van der Waals surface area contributed by atoms with Crippen LogP contribution >= 0.6 is 0 Å². The monoisotopic (exact) mass is 358 g/mol. The highest BCUT2D eigenvalue weighted by Crippen LogP contribution is 2.26. The van der Waals surface area contributed by atoms with Crippen LogP contribution in [-0.4, -0.2) is 20.9 Å². The normalized spacial score (nSPS) is 11.0. The molecule has 0 bridgehead atoms. The minimum absolute atomic E-state index is 0.154. The van der Waals surface area contributed by atoms with E-state index in [4.69, 9.17) is 0 Å². The van der Waals surface area contributed by atoms with Crippen LogP contribution in [0.3, 0.4) is 0 Å². The fourth-order valence-corrected chi connectivity index (χ4v) is 3.81. The molecule has 0 aliphatic heterocycles. The van der Waals surface area contributed by atoms with Gasteiger partial charge in [-0.3, -0.25) is 9.10 Å². The highest BCUT2D eigenvalue weighted by atomic mass is 32.2. The van der Waals surface area contributed by atoms with Gasteiger partial charge in [0.25, 0.3) is 10.0 Å². The molecule has 1 N–H and O–H groups in total. The van der Waals surface area contributed by atoms with E-state index in [-0.39, 0.29) is 17.3 Å². The van der Waals surface area contributed by atoms with Crippen molar-refractivity contribution >= 4 is 27.3 Å². The van der Waals surface area contributed by atoms with Crippen LogP contribution in [0.15, 0.2) is 60.0 Å². The summed E-state index contributed by atoms with van der Waals surface area (Å²) in [5.74, 6) is -0.209. The lowest BCUT2D eigenvalue weighted by Gasteiger charge is -2.24. The number of hydrogen-bond acceptors (Lipinski definition) is 3. The van der Waals surface area contributed by atoms with Gasteiger partial charge in [-0.1, -0.05) is 12.1 Å². The highest BCUT2D eigenvalue weighted by molar-refractivity contribution is 7.92. The van der Waals surface area contributed by atoms with E-state index in [2.05, 4.69) is 11.9 Å². The predicted molar refractivity (Wildman–Crippen MR) is 101 cm³/mol. The molecule has 0 aromatic heterocycles. The first-order valence-electron chi connectivity index (χ1n) is 7.84. The Balaban J connectivity index is 2.43. The summed E-state index contributed by atoms with van der Waals surface area (Å²) in [6.07, 6.45) is 1.55. The summed E-state index contributed by atoms with van der Waals surface area (Å²) in [5.41, 5.74) is 3.25. The number of hydrogen-bond donors (Lipinski definition) is 1. The maximum absolute atomic E-state index is 13.0. The maximum Gasteiger partial charge on any atom is 0.264 e. The zero-order chi connectivity index (χ0) is 18.6. The molecule has 0 saturated heterocycles. The molecule has 5 nitrogen and oxygen atoms in total. The van der Waals surface area contributed by atoms with Gasteiger partial charge in [0.05, 0.1) is 17.1 Å². The Morgan fingerprint density at radius 3 is 2.28 bits per heavy atom. The number of rotatable bonds is 6. The molecule has 0 atom stereocenters. The number of nitrogens with zero attached hydrogens (tertiary/aromatic N) is 1. The Morgan fingerprint density at radius 1 is 1.12 bits per heavy atom. The third-order valence-electron chi connectivity index (χ3n) is 3.84. The van der Waals surface area contributed by atoms with Gasteiger partial charge in [-0.2, -0.15) is 0 Å². The van der Waals surface area contributed by atoms with Crippen molar-refractivity contribution in [2.24, 2.45) is 0 Å². The van der Waals surface area contributed by atoms with Gasteiger partial charge in [-0.05, 0) is 61.4 Å². The number of carbonyl (C=O) groups excluding carboxylic acids is 1. The maximum atomic E-state index is 13.0. The van der Waals surface area contributed by atoms with Crippen LogP contribution in [0.4, 0.5) is 11.4 Å². The van der Waals surface area contributed by atoms with Crippen molar-refractivity contribution in [2.75, 3.05) is 16.2 Å². The molecule has 2 rings (SSSR count). The molecule has 25 heavy (non-hydrogen) atoms. The SMILES string of the molecule is C=CCN(c1ccc(C)c(C)c1)S(=O)(=O)c1ccc(NC(C)=O)cc1. The number of anilines is 2. The van der Waals surface area contributed by atoms with E-state index in [0.717, 1.165) is 11.1 Å². The largest absolute Gasteiger partial charge is 0.326 e. The molecule has 0 unspecified atom stereocenters. The Bertz CT molecular complexity index is 887. The van der Waals surface area contributed by atoms with Crippen molar-refractivity contribution in [3.63, 3.8) is 0 Å². The summed E-state index contributed by atoms with van der Waals surface area (Å²) in [6.45, 7) is 9.15. The van der Waals surface area contributed by atoms with E-state index < -0.39 is 10.0 Å². The quantitative estimate of drug-likeness (QED) is 0.802. The van der Waals surface area contributed by atoms with E-state index in [1.165, 1.54) is 23.4 Å². The molecule has 0 aliphatic rings. The summed E-state index contributed by atoms with van der Waals surface area (Å²) in [4.78, 5) is 11.2. The number of carbonyl (C=O) groups is 1. The molecule has 2 aromatic carbocycles. The van der Waals surface area contributed by atoms with Crippen molar-refractivity contribution in [3.8, 4) is 0 Å². The van der Waals surface area contributed by atoms with Crippen LogP contribution < -0.4 is 9.62 Å². The van der Waals surface area contributed by atoms with Gasteiger partial charge in [-0.15, -0.1) is 6.58 Å². The number of amides is 1. The predicted octanol–water partition coefficient (Wildman–Crippen LogP) is 3.64. The van der Waals surface area contributed by atoms with Gasteiger partial charge >= 0.3 is 0 Å². The lowest BCUT2D eigenvalue weighted by molar-refractivity contribution is -0.114. The van der Waals surface area contributed by atoms with Gasteiger partial charge in [0.15, 0.2) is 0 Å². The van der Waals surface area contributed by atoms with E-state index in [9.17, 15) is 13.2 Å². The van der Waals surface area contributed by atoms with Crippen LogP contribution in [-0.2, 0) is 14.8 Å². The number of aryl methyl sites for hydroxylation is 2. The second-order valence-corrected chi connectivity index (χ2v) is 7.66. The zero-order valence-electron chi connectivity index (χ0n) is 14.6. The van der Waals surface area contributed by atoms with E-state index in [0.29, 0.717) is 11.4 Å². The van der Waals surface area contributed by atoms with Gasteiger partial charge in [0.2, 0.25) is 5.91 Å². The van der Waals surface area contributed by atoms with Crippen LogP contribution in [0.1, 0.15) is 18.1 Å². The summed E-state index contributed by atoms with van der Waals surface area (Å²) in [6, 6.07) is 11.6. The van der Waals surface area contributed by atoms with Crippen molar-refractivity contribution in [1.29, 1.82) is 0 Å². The second-order valence-electron chi connectivity index (χ2n) is 5.80. The zero-order valence-corrected chi connectivity index (χ0v) is 15.4. The smallest absolute Gasteiger partial charge is 0.264 e. The van der Waals surface area contributed by atoms with Gasteiger partial charge in [0, 0.05) is 12.6 Å². The van der Waals surface area contributed by atoms with Crippen LogP contribution in [0, 0.1) is 13.8 Å². The lowest BCUT2D eigenvalue weighted by atomic mass is 10.1. The molecule has 0 heterocycles. The summed E-state index contributed by atoms with van der Waals surface area (Å²) < 4.78 is 27.4. The highest BCUT2D eigenvalue weighted by Gasteiger charge is 2.24. The van der Waals surface area contributed by atoms with E-state index >= 15 is 0 Å². The summed E-state index contributed by atoms with van der Waals surface area (Å²) >= 11 is 0. The Labute approximate surface area is 149 Å². The fraction of sp³-hybridized carbons (Fsp3) is 0.211. The van der Waals surface area contributed by atoms with Gasteiger partial charge in [0.1, 0.15) is 0 Å². The molecule has 0 aliphatic carbocycles. The molecule has 6 heteroatoms. The van der Waals surface area contributed by atoms with Crippen molar-refractivity contribution in [2.45, 2.75) is 25.7 Å². The van der Waals surface area contributed by atoms with Crippen molar-refractivity contribution < 1.29 is 13.2 Å². The third-order valence-corrected chi connectivity index (χ3v) is 5.64. The van der Waals surface area contributed by atoms with Crippen LogP contribution in [0.25, 0.3) is 0 Å². The van der Waals surface area contributed by atoms with Crippen molar-refractivity contribution in [3.05, 3.63) is 66.2 Å². The van der Waals surface area contributed by atoms with Crippen LogP contribution in [0.2, 0.25) is 0 Å². The third kappa shape index (κ3) is 4.28. The standard InChI is InChI=1S/C19H22N2O3S/c1-5-12-21(18-9-6-14(2)15(3)13-18)25(23,24)19-10-7-17(8-11-19)20-16(4)22/h5-11,13H,1,12H2,2-4H3,(H,20,22). The number of benzene rings is 2. The fourth-order valence-electron chi connectivity index (χ4n) is 2.38. The van der Waals surface area contributed by atoms with Crippen molar-refractivity contribution in [1.82, 2.24) is 0 Å². The molecule has 2 aromatic rings. The minimum atomic E-state index is -3.74. The first-order chi connectivity index (χ1) is 11.8. The molecular weight excluding hydrogens is 336 g/mol. The molecular formula is C19H22N2O3S. The second kappa shape index (κ2) is 7.53. The lowest BCUT2D eigenvalue weighted by Crippen LogP contribution is -2.31. The average Bonchev–Trinajstić information content (AvgIpc) is 2.55. The summed E-state index contributed by atoms with van der Waals surface area (Å²) in [7, 11) is -3.74. The molecule has 0 saturated carbocycles. The molecule has 1 amide bonds. The molecule has 0 radical (unpaired) electrons. The Kier molecular flexibility index (Phi) is 5.64. The Hall–Kier alpha value is -2.60. The van der Waals surface area contributed by atoms with E-state index in [1.54, 1.807) is 24.3 Å². The van der Waals surface area contributed by atoms with E-state index in [1.807, 2.05) is 26.0 Å². The Morgan fingerprint density at radius 2 is 1.76 bits per heavy atom. The molecule has 0 fully saturated rings. The molecule has 132 valence electrons. The minimum Gasteiger partial charge on any atom is -0.326 e. The average molecular weight is 358 g/mol. The summed E-state index contributed by atoms with van der Waals surface area (Å²) in [5, 5.41) is 2.62. The van der Waals surface area contributed by atoms with Gasteiger partial charge in [-0.25, -0.2) is 8.42 Å². The number of sulfonamides is 1. The van der Waals surface area contributed by atoms with Crippen LogP contribution in [0.5, 0.6) is 0 Å². The topological polar surface area (TPSA) is 66.5 Å². The first-order valence-corrected chi connectivity index (χ1v) is 9.28. The van der Waals surface area contributed by atoms with Gasteiger partial charge < -0.3 is 5.32 Å². The number of nitrogens with one attached hydrogen (secondary N) is 1. The first kappa shape index (κ1) is 18.7. The molecule has 0 spiro atoms.